The van der Waals surface area contributed by atoms with E-state index in [1.54, 1.807) is 0 Å². The van der Waals surface area contributed by atoms with Crippen molar-refractivity contribution in [1.82, 2.24) is 4.90 Å². The van der Waals surface area contributed by atoms with Gasteiger partial charge in [-0.1, -0.05) is 15.9 Å². The average molecular weight is 286 g/mol. The van der Waals surface area contributed by atoms with Crippen LogP contribution in [-0.2, 0) is 4.79 Å². The molecule has 90 valence electrons. The van der Waals surface area contributed by atoms with Gasteiger partial charge in [-0.05, 0) is 49.9 Å². The fourth-order valence-electron chi connectivity index (χ4n) is 3.57. The molecule has 3 unspecified atom stereocenters. The zero-order chi connectivity index (χ0) is 11.1. The standard InChI is InChI=1S/C13H20BrNO/c14-7-9-2-1-3-15(8-9)13(16)12-5-10-4-11(10)6-12/h9-12H,1-8H2. The van der Waals surface area contributed by atoms with E-state index in [1.807, 2.05) is 0 Å². The van der Waals surface area contributed by atoms with E-state index in [2.05, 4.69) is 20.8 Å². The Morgan fingerprint density at radius 2 is 2.00 bits per heavy atom. The third-order valence-electron chi connectivity index (χ3n) is 4.64. The summed E-state index contributed by atoms with van der Waals surface area (Å²) < 4.78 is 0. The van der Waals surface area contributed by atoms with Gasteiger partial charge in [0.25, 0.3) is 0 Å². The molecule has 0 radical (unpaired) electrons. The lowest BCUT2D eigenvalue weighted by molar-refractivity contribution is -0.137. The van der Waals surface area contributed by atoms with Gasteiger partial charge in [0.1, 0.15) is 0 Å². The molecule has 1 amide bonds. The molecule has 1 heterocycles. The summed E-state index contributed by atoms with van der Waals surface area (Å²) in [5, 5.41) is 1.05. The zero-order valence-corrected chi connectivity index (χ0v) is 11.3. The predicted octanol–water partition coefficient (Wildman–Crippen LogP) is 2.67. The molecule has 3 fully saturated rings. The van der Waals surface area contributed by atoms with E-state index in [-0.39, 0.29) is 0 Å². The van der Waals surface area contributed by atoms with Crippen molar-refractivity contribution in [3.8, 4) is 0 Å². The molecule has 16 heavy (non-hydrogen) atoms. The van der Waals surface area contributed by atoms with Crippen molar-refractivity contribution in [2.24, 2.45) is 23.7 Å². The topological polar surface area (TPSA) is 20.3 Å². The first-order valence-electron chi connectivity index (χ1n) is 6.62. The average Bonchev–Trinajstić information content (AvgIpc) is 2.95. The molecule has 3 rings (SSSR count). The van der Waals surface area contributed by atoms with Gasteiger partial charge < -0.3 is 4.90 Å². The first kappa shape index (κ1) is 11.1. The van der Waals surface area contributed by atoms with Gasteiger partial charge in [0.15, 0.2) is 0 Å². The maximum atomic E-state index is 12.3. The molecule has 3 atom stereocenters. The fourth-order valence-corrected chi connectivity index (χ4v) is 4.09. The highest BCUT2D eigenvalue weighted by Gasteiger charge is 2.48. The van der Waals surface area contributed by atoms with Gasteiger partial charge in [0, 0.05) is 24.3 Å². The molecule has 0 aromatic carbocycles. The number of carbonyl (C=O) groups excluding carboxylic acids is 1. The minimum Gasteiger partial charge on any atom is -0.342 e. The van der Waals surface area contributed by atoms with Crippen LogP contribution in [0.4, 0.5) is 0 Å². The normalized spacial score (nSPS) is 41.9. The number of alkyl halides is 1. The van der Waals surface area contributed by atoms with Gasteiger partial charge in [-0.3, -0.25) is 4.79 Å². The summed E-state index contributed by atoms with van der Waals surface area (Å²) in [6, 6.07) is 0. The van der Waals surface area contributed by atoms with Crippen LogP contribution in [0.25, 0.3) is 0 Å². The van der Waals surface area contributed by atoms with Crippen LogP contribution in [0, 0.1) is 23.7 Å². The maximum Gasteiger partial charge on any atom is 0.225 e. The lowest BCUT2D eigenvalue weighted by atomic mass is 9.96. The molecule has 0 spiro atoms. The van der Waals surface area contributed by atoms with E-state index in [0.717, 1.165) is 30.3 Å². The third kappa shape index (κ3) is 2.03. The van der Waals surface area contributed by atoms with Crippen molar-refractivity contribution in [3.63, 3.8) is 0 Å². The molecule has 3 aliphatic rings. The van der Waals surface area contributed by atoms with Gasteiger partial charge in [-0.25, -0.2) is 0 Å². The molecule has 1 aliphatic heterocycles. The molecule has 2 saturated carbocycles. The number of likely N-dealkylation sites (tertiary alicyclic amines) is 1. The minimum absolute atomic E-state index is 0.387. The molecule has 3 heteroatoms. The second-order valence-electron chi connectivity index (χ2n) is 5.87. The highest BCUT2D eigenvalue weighted by molar-refractivity contribution is 9.09. The van der Waals surface area contributed by atoms with Crippen LogP contribution in [0.3, 0.4) is 0 Å². The number of rotatable bonds is 2. The van der Waals surface area contributed by atoms with Crippen molar-refractivity contribution in [3.05, 3.63) is 0 Å². The Hall–Kier alpha value is -0.0500. The SMILES string of the molecule is O=C(C1CC2CC2C1)N1CCCC(CBr)C1. The van der Waals surface area contributed by atoms with Crippen molar-refractivity contribution >= 4 is 21.8 Å². The third-order valence-corrected chi connectivity index (χ3v) is 5.56. The van der Waals surface area contributed by atoms with Gasteiger partial charge in [-0.2, -0.15) is 0 Å². The number of fused-ring (bicyclic) bond motifs is 1. The van der Waals surface area contributed by atoms with Crippen LogP contribution in [0.15, 0.2) is 0 Å². The highest BCUT2D eigenvalue weighted by atomic mass is 79.9. The molecule has 2 nitrogen and oxygen atoms in total. The van der Waals surface area contributed by atoms with Crippen LogP contribution in [0.1, 0.15) is 32.1 Å². The number of piperidine rings is 1. The Bertz CT molecular complexity index is 284. The minimum atomic E-state index is 0.387. The van der Waals surface area contributed by atoms with E-state index >= 15 is 0 Å². The number of hydrogen-bond donors (Lipinski definition) is 0. The molecule has 1 saturated heterocycles. The Kier molecular flexibility index (Phi) is 2.99. The number of hydrogen-bond acceptors (Lipinski definition) is 1. The van der Waals surface area contributed by atoms with E-state index in [0.29, 0.717) is 17.7 Å². The summed E-state index contributed by atoms with van der Waals surface area (Å²) in [6.07, 6.45) is 6.28. The Morgan fingerprint density at radius 1 is 1.25 bits per heavy atom. The number of nitrogens with zero attached hydrogens (tertiary/aromatic N) is 1. The summed E-state index contributed by atoms with van der Waals surface area (Å²) in [7, 11) is 0. The second kappa shape index (κ2) is 4.32. The molecule has 0 aromatic heterocycles. The van der Waals surface area contributed by atoms with Gasteiger partial charge >= 0.3 is 0 Å². The van der Waals surface area contributed by atoms with Crippen LogP contribution in [0.2, 0.25) is 0 Å². The van der Waals surface area contributed by atoms with Crippen LogP contribution in [0.5, 0.6) is 0 Å². The van der Waals surface area contributed by atoms with E-state index in [1.165, 1.54) is 32.1 Å². The molecule has 0 N–H and O–H groups in total. The van der Waals surface area contributed by atoms with Crippen molar-refractivity contribution < 1.29 is 4.79 Å². The van der Waals surface area contributed by atoms with E-state index < -0.39 is 0 Å². The Balaban J connectivity index is 1.57. The van der Waals surface area contributed by atoms with Crippen molar-refractivity contribution in [2.75, 3.05) is 18.4 Å². The van der Waals surface area contributed by atoms with E-state index in [9.17, 15) is 4.79 Å². The smallest absolute Gasteiger partial charge is 0.225 e. The van der Waals surface area contributed by atoms with Crippen LogP contribution < -0.4 is 0 Å². The lowest BCUT2D eigenvalue weighted by Gasteiger charge is -2.34. The quantitative estimate of drug-likeness (QED) is 0.715. The first-order chi connectivity index (χ1) is 7.78. The fraction of sp³-hybridized carbons (Fsp3) is 0.923. The van der Waals surface area contributed by atoms with Gasteiger partial charge in [0.2, 0.25) is 5.91 Å². The number of amides is 1. The van der Waals surface area contributed by atoms with Gasteiger partial charge in [-0.15, -0.1) is 0 Å². The second-order valence-corrected chi connectivity index (χ2v) is 6.52. The van der Waals surface area contributed by atoms with Crippen molar-refractivity contribution in [1.29, 1.82) is 0 Å². The van der Waals surface area contributed by atoms with Crippen LogP contribution in [-0.4, -0.2) is 29.2 Å². The molecular formula is C13H20BrNO. The summed E-state index contributed by atoms with van der Waals surface area (Å²) >= 11 is 3.55. The summed E-state index contributed by atoms with van der Waals surface area (Å²) in [5.41, 5.74) is 0. The van der Waals surface area contributed by atoms with Crippen molar-refractivity contribution in [2.45, 2.75) is 32.1 Å². The largest absolute Gasteiger partial charge is 0.342 e. The zero-order valence-electron chi connectivity index (χ0n) is 9.70. The summed E-state index contributed by atoms with van der Waals surface area (Å²) in [4.78, 5) is 14.5. The Morgan fingerprint density at radius 3 is 2.69 bits per heavy atom. The van der Waals surface area contributed by atoms with E-state index in [4.69, 9.17) is 0 Å². The number of halogens is 1. The molecular weight excluding hydrogens is 266 g/mol. The lowest BCUT2D eigenvalue weighted by Crippen LogP contribution is -2.43. The predicted molar refractivity (Wildman–Crippen MR) is 67.4 cm³/mol. The molecule has 2 aliphatic carbocycles. The Labute approximate surface area is 106 Å². The number of carbonyl (C=O) groups is 1. The highest BCUT2D eigenvalue weighted by Crippen LogP contribution is 2.54. The maximum absolute atomic E-state index is 12.3. The molecule has 0 bridgehead atoms. The monoisotopic (exact) mass is 285 g/mol. The van der Waals surface area contributed by atoms with Gasteiger partial charge in [0.05, 0.1) is 0 Å². The summed E-state index contributed by atoms with van der Waals surface area (Å²) in [5.74, 6) is 3.39. The summed E-state index contributed by atoms with van der Waals surface area (Å²) in [6.45, 7) is 2.00. The van der Waals surface area contributed by atoms with Crippen LogP contribution >= 0.6 is 15.9 Å². The molecule has 0 aromatic rings. The first-order valence-corrected chi connectivity index (χ1v) is 7.75.